The Bertz CT molecular complexity index is 621. The van der Waals surface area contributed by atoms with E-state index in [0.29, 0.717) is 13.0 Å². The Morgan fingerprint density at radius 3 is 2.74 bits per heavy atom. The van der Waals surface area contributed by atoms with Gasteiger partial charge in [-0.25, -0.2) is 5.48 Å². The van der Waals surface area contributed by atoms with Gasteiger partial charge in [-0.3, -0.25) is 15.3 Å². The van der Waals surface area contributed by atoms with Crippen LogP contribution >= 0.6 is 22.7 Å². The molecule has 0 saturated heterocycles. The van der Waals surface area contributed by atoms with Crippen molar-refractivity contribution in [2.24, 2.45) is 0 Å². The quantitative estimate of drug-likeness (QED) is 0.503. The first-order chi connectivity index (χ1) is 11.0. The summed E-state index contributed by atoms with van der Waals surface area (Å²) in [7, 11) is 1.57. The third kappa shape index (κ3) is 4.19. The minimum absolute atomic E-state index is 0.494. The second-order valence-electron chi connectivity index (χ2n) is 5.40. The summed E-state index contributed by atoms with van der Waals surface area (Å²) >= 11 is 3.40. The molecule has 0 fully saturated rings. The molecule has 0 aliphatic heterocycles. The number of hydrogen-bond donors (Lipinski definition) is 3. The Labute approximate surface area is 144 Å². The van der Waals surface area contributed by atoms with E-state index in [2.05, 4.69) is 28.9 Å². The van der Waals surface area contributed by atoms with Crippen LogP contribution in [-0.4, -0.2) is 29.9 Å². The van der Waals surface area contributed by atoms with Crippen molar-refractivity contribution in [2.45, 2.75) is 38.5 Å². The number of rotatable bonds is 8. The Kier molecular flexibility index (Phi) is 6.32. The number of ether oxygens (including phenoxy) is 1. The molecule has 2 atom stereocenters. The zero-order valence-corrected chi connectivity index (χ0v) is 15.1. The van der Waals surface area contributed by atoms with Crippen molar-refractivity contribution in [2.75, 3.05) is 7.11 Å². The van der Waals surface area contributed by atoms with Crippen molar-refractivity contribution >= 4 is 28.6 Å². The maximum absolute atomic E-state index is 12.0. The van der Waals surface area contributed by atoms with Crippen molar-refractivity contribution in [1.29, 1.82) is 0 Å². The predicted molar refractivity (Wildman–Crippen MR) is 93.9 cm³/mol. The summed E-state index contributed by atoms with van der Waals surface area (Å²) in [6, 6.07) is 7.62. The number of thiophene rings is 2. The molecule has 2 aromatic heterocycles. The normalized spacial score (nSPS) is 15.1. The first-order valence-electron chi connectivity index (χ1n) is 7.39. The average Bonchev–Trinajstić information content (AvgIpc) is 3.25. The van der Waals surface area contributed by atoms with Gasteiger partial charge in [0.2, 0.25) is 0 Å². The minimum Gasteiger partial charge on any atom is -0.376 e. The largest absolute Gasteiger partial charge is 0.376 e. The molecular weight excluding hydrogens is 332 g/mol. The lowest BCUT2D eigenvalue weighted by Gasteiger charge is -2.34. The summed E-state index contributed by atoms with van der Waals surface area (Å²) in [6.45, 7) is 4.33. The average molecular weight is 354 g/mol. The van der Waals surface area contributed by atoms with Gasteiger partial charge in [0.15, 0.2) is 0 Å². The Morgan fingerprint density at radius 2 is 2.17 bits per heavy atom. The smallest absolute Gasteiger partial charge is 0.263 e. The summed E-state index contributed by atoms with van der Waals surface area (Å²) in [4.78, 5) is 15.6. The summed E-state index contributed by atoms with van der Waals surface area (Å²) in [6.07, 6.45) is 0.638. The summed E-state index contributed by atoms with van der Waals surface area (Å²) < 4.78 is 5.50. The number of amides is 1. The predicted octanol–water partition coefficient (Wildman–Crippen LogP) is 3.26. The lowest BCUT2D eigenvalue weighted by Crippen LogP contribution is -2.57. The number of nitrogens with one attached hydrogen (secondary N) is 2. The fourth-order valence-electron chi connectivity index (χ4n) is 2.34. The molecule has 0 radical (unpaired) electrons. The molecule has 0 aliphatic carbocycles. The molecule has 2 rings (SSSR count). The number of carbonyl (C=O) groups excluding carboxylic acids is 1. The van der Waals surface area contributed by atoms with E-state index >= 15 is 0 Å². The summed E-state index contributed by atoms with van der Waals surface area (Å²) in [5.74, 6) is -0.494. The molecule has 2 heterocycles. The van der Waals surface area contributed by atoms with Crippen LogP contribution in [0, 0.1) is 0 Å². The maximum atomic E-state index is 12.0. The topological polar surface area (TPSA) is 70.6 Å². The van der Waals surface area contributed by atoms with Crippen molar-refractivity contribution in [1.82, 2.24) is 10.8 Å². The van der Waals surface area contributed by atoms with Gasteiger partial charge in [-0.15, -0.1) is 22.7 Å². The highest BCUT2D eigenvalue weighted by Crippen LogP contribution is 2.31. The molecule has 0 spiro atoms. The van der Waals surface area contributed by atoms with E-state index in [1.54, 1.807) is 35.3 Å². The Morgan fingerprint density at radius 1 is 1.39 bits per heavy atom. The van der Waals surface area contributed by atoms with Crippen LogP contribution in [0.25, 0.3) is 9.75 Å². The standard InChI is InChI=1S/C16H22N2O3S2/c1-4-16(2,21-3)14(15(19)18-20)17-10-11-7-8-13(23-11)12-6-5-9-22-12/h5-9,14,17,20H,4,10H2,1-3H3,(H,18,19). The van der Waals surface area contributed by atoms with E-state index in [4.69, 9.17) is 9.94 Å². The van der Waals surface area contributed by atoms with Crippen LogP contribution in [0.4, 0.5) is 0 Å². The first kappa shape index (κ1) is 18.1. The van der Waals surface area contributed by atoms with Crippen LogP contribution in [0.5, 0.6) is 0 Å². The lowest BCUT2D eigenvalue weighted by atomic mass is 9.92. The van der Waals surface area contributed by atoms with Crippen molar-refractivity contribution in [3.63, 3.8) is 0 Å². The van der Waals surface area contributed by atoms with Crippen LogP contribution in [0.15, 0.2) is 29.6 Å². The van der Waals surface area contributed by atoms with Gasteiger partial charge in [0.25, 0.3) is 5.91 Å². The molecule has 0 aliphatic rings. The summed E-state index contributed by atoms with van der Waals surface area (Å²) in [5, 5.41) is 14.3. The first-order valence-corrected chi connectivity index (χ1v) is 9.08. The van der Waals surface area contributed by atoms with Gasteiger partial charge in [-0.1, -0.05) is 13.0 Å². The third-order valence-corrected chi connectivity index (χ3v) is 6.21. The summed E-state index contributed by atoms with van der Waals surface area (Å²) in [5.41, 5.74) is 1.03. The van der Waals surface area contributed by atoms with E-state index in [1.165, 1.54) is 9.75 Å². The molecule has 2 aromatic rings. The molecule has 5 nitrogen and oxygen atoms in total. The Balaban J connectivity index is 2.08. The molecule has 126 valence electrons. The highest BCUT2D eigenvalue weighted by Gasteiger charge is 2.37. The third-order valence-electron chi connectivity index (χ3n) is 4.06. The molecule has 0 aromatic carbocycles. The molecule has 23 heavy (non-hydrogen) atoms. The molecular formula is C16H22N2O3S2. The maximum Gasteiger partial charge on any atom is 0.263 e. The number of hydrogen-bond acceptors (Lipinski definition) is 6. The van der Waals surface area contributed by atoms with Crippen LogP contribution < -0.4 is 10.8 Å². The van der Waals surface area contributed by atoms with Crippen molar-refractivity contribution < 1.29 is 14.7 Å². The van der Waals surface area contributed by atoms with Gasteiger partial charge in [0.05, 0.1) is 5.60 Å². The fourth-order valence-corrected chi connectivity index (χ4v) is 4.14. The molecule has 3 N–H and O–H groups in total. The highest BCUT2D eigenvalue weighted by molar-refractivity contribution is 7.21. The number of carbonyl (C=O) groups is 1. The van der Waals surface area contributed by atoms with E-state index < -0.39 is 17.6 Å². The van der Waals surface area contributed by atoms with Gasteiger partial charge in [-0.05, 0) is 36.9 Å². The lowest BCUT2D eigenvalue weighted by molar-refractivity contribution is -0.140. The highest BCUT2D eigenvalue weighted by atomic mass is 32.1. The van der Waals surface area contributed by atoms with E-state index in [9.17, 15) is 4.79 Å². The fraction of sp³-hybridized carbons (Fsp3) is 0.438. The van der Waals surface area contributed by atoms with Crippen LogP contribution in [0.2, 0.25) is 0 Å². The minimum atomic E-state index is -0.694. The van der Waals surface area contributed by atoms with Gasteiger partial charge in [0, 0.05) is 28.3 Å². The van der Waals surface area contributed by atoms with Gasteiger partial charge >= 0.3 is 0 Å². The van der Waals surface area contributed by atoms with E-state index in [0.717, 1.165) is 4.88 Å². The van der Waals surface area contributed by atoms with Crippen molar-refractivity contribution in [3.05, 3.63) is 34.5 Å². The van der Waals surface area contributed by atoms with E-state index in [1.807, 2.05) is 19.9 Å². The van der Waals surface area contributed by atoms with Crippen LogP contribution in [-0.2, 0) is 16.1 Å². The molecule has 2 unspecified atom stereocenters. The van der Waals surface area contributed by atoms with E-state index in [-0.39, 0.29) is 0 Å². The molecule has 0 saturated carbocycles. The van der Waals surface area contributed by atoms with Gasteiger partial charge in [-0.2, -0.15) is 0 Å². The zero-order chi connectivity index (χ0) is 16.9. The molecule has 1 amide bonds. The van der Waals surface area contributed by atoms with Crippen molar-refractivity contribution in [3.8, 4) is 9.75 Å². The second kappa shape index (κ2) is 8.03. The second-order valence-corrected chi connectivity index (χ2v) is 7.52. The number of hydroxylamine groups is 1. The Hall–Kier alpha value is -1.25. The molecule has 7 heteroatoms. The molecule has 0 bridgehead atoms. The van der Waals surface area contributed by atoms with Gasteiger partial charge < -0.3 is 4.74 Å². The number of methoxy groups -OCH3 is 1. The van der Waals surface area contributed by atoms with Crippen LogP contribution in [0.1, 0.15) is 25.1 Å². The monoisotopic (exact) mass is 354 g/mol. The SMILES string of the molecule is CCC(C)(OC)C(NCc1ccc(-c2cccs2)s1)C(=O)NO. The zero-order valence-electron chi connectivity index (χ0n) is 13.5. The van der Waals surface area contributed by atoms with Gasteiger partial charge in [0.1, 0.15) is 6.04 Å². The van der Waals surface area contributed by atoms with Crippen LogP contribution in [0.3, 0.4) is 0 Å².